The quantitative estimate of drug-likeness (QED) is 0.421. The van der Waals surface area contributed by atoms with E-state index in [-0.39, 0.29) is 11.5 Å². The van der Waals surface area contributed by atoms with Gasteiger partial charge in [0.25, 0.3) is 5.91 Å². The molecule has 1 aliphatic heterocycles. The number of amides is 1. The van der Waals surface area contributed by atoms with Gasteiger partial charge in [-0.2, -0.15) is 0 Å². The van der Waals surface area contributed by atoms with Gasteiger partial charge >= 0.3 is 5.97 Å². The lowest BCUT2D eigenvalue weighted by atomic mass is 10.1. The molecule has 0 bridgehead atoms. The fraction of sp³-hybridized carbons (Fsp3) is 0.0870. The van der Waals surface area contributed by atoms with Gasteiger partial charge < -0.3 is 9.52 Å². The summed E-state index contributed by atoms with van der Waals surface area (Å²) in [6, 6.07) is 15.9. The number of thioether (sulfide) groups is 1. The first-order chi connectivity index (χ1) is 14.3. The average Bonchev–Trinajstić information content (AvgIpc) is 3.28. The molecule has 1 aliphatic rings. The van der Waals surface area contributed by atoms with E-state index in [0.717, 1.165) is 22.4 Å². The molecule has 0 atom stereocenters. The van der Waals surface area contributed by atoms with Gasteiger partial charge in [-0.05, 0) is 49.7 Å². The van der Waals surface area contributed by atoms with E-state index >= 15 is 0 Å². The number of nitrogens with zero attached hydrogens (tertiary/aromatic N) is 1. The van der Waals surface area contributed by atoms with Crippen molar-refractivity contribution in [2.24, 2.45) is 0 Å². The van der Waals surface area contributed by atoms with Crippen LogP contribution < -0.4 is 4.90 Å². The summed E-state index contributed by atoms with van der Waals surface area (Å²) in [6.45, 7) is 3.96. The number of carboxylic acids is 1. The van der Waals surface area contributed by atoms with Gasteiger partial charge in [0.2, 0.25) is 0 Å². The minimum atomic E-state index is -0.979. The Morgan fingerprint density at radius 2 is 1.83 bits per heavy atom. The molecular weight excluding hydrogens is 418 g/mol. The van der Waals surface area contributed by atoms with Crippen molar-refractivity contribution in [3.8, 4) is 11.3 Å². The Morgan fingerprint density at radius 1 is 1.10 bits per heavy atom. The molecule has 30 heavy (non-hydrogen) atoms. The van der Waals surface area contributed by atoms with E-state index in [1.165, 1.54) is 23.9 Å². The molecule has 0 unspecified atom stereocenters. The first kappa shape index (κ1) is 20.1. The van der Waals surface area contributed by atoms with E-state index in [4.69, 9.17) is 21.7 Å². The fourth-order valence-electron chi connectivity index (χ4n) is 3.22. The SMILES string of the molecule is Cc1ccc(N2C(=O)/C(=C\c3ccc(-c4ccc(C(=O)O)cc4)o3)SC2=S)c(C)c1. The number of benzene rings is 2. The maximum Gasteiger partial charge on any atom is 0.335 e. The van der Waals surface area contributed by atoms with Crippen LogP contribution in [0, 0.1) is 13.8 Å². The van der Waals surface area contributed by atoms with Crippen LogP contribution in [0.3, 0.4) is 0 Å². The fourth-order valence-corrected chi connectivity index (χ4v) is 4.49. The molecule has 3 aromatic rings. The Labute approximate surface area is 183 Å². The number of carboxylic acid groups (broad SMARTS) is 1. The smallest absolute Gasteiger partial charge is 0.335 e. The van der Waals surface area contributed by atoms with Crippen molar-refractivity contribution in [2.45, 2.75) is 13.8 Å². The third-order valence-electron chi connectivity index (χ3n) is 4.70. The van der Waals surface area contributed by atoms with Gasteiger partial charge in [-0.15, -0.1) is 0 Å². The van der Waals surface area contributed by atoms with Crippen LogP contribution in [0.5, 0.6) is 0 Å². The van der Waals surface area contributed by atoms with Crippen molar-refractivity contribution in [3.05, 3.63) is 82.0 Å². The van der Waals surface area contributed by atoms with Crippen LogP contribution in [0.2, 0.25) is 0 Å². The van der Waals surface area contributed by atoms with Crippen LogP contribution in [-0.2, 0) is 4.79 Å². The van der Waals surface area contributed by atoms with E-state index < -0.39 is 5.97 Å². The van der Waals surface area contributed by atoms with Crippen molar-refractivity contribution >= 4 is 51.9 Å². The van der Waals surface area contributed by atoms with Crippen molar-refractivity contribution in [3.63, 3.8) is 0 Å². The first-order valence-corrected chi connectivity index (χ1v) is 10.3. The number of hydrogen-bond acceptors (Lipinski definition) is 5. The normalized spacial score (nSPS) is 15.3. The largest absolute Gasteiger partial charge is 0.478 e. The second-order valence-electron chi connectivity index (χ2n) is 6.89. The molecule has 0 spiro atoms. The van der Waals surface area contributed by atoms with Gasteiger partial charge in [0.05, 0.1) is 16.2 Å². The summed E-state index contributed by atoms with van der Waals surface area (Å²) >= 11 is 6.69. The minimum absolute atomic E-state index is 0.180. The number of hydrogen-bond donors (Lipinski definition) is 1. The zero-order chi connectivity index (χ0) is 21.4. The topological polar surface area (TPSA) is 70.8 Å². The van der Waals surface area contributed by atoms with Crippen molar-refractivity contribution in [1.29, 1.82) is 0 Å². The molecule has 1 N–H and O–H groups in total. The second kappa shape index (κ2) is 7.93. The number of aromatic carboxylic acids is 1. The lowest BCUT2D eigenvalue weighted by molar-refractivity contribution is -0.113. The Kier molecular flexibility index (Phi) is 5.32. The highest BCUT2D eigenvalue weighted by atomic mass is 32.2. The zero-order valence-electron chi connectivity index (χ0n) is 16.2. The third-order valence-corrected chi connectivity index (χ3v) is 6.01. The monoisotopic (exact) mass is 435 g/mol. The number of thiocarbonyl (C=S) groups is 1. The van der Waals surface area contributed by atoms with Crippen molar-refractivity contribution in [1.82, 2.24) is 0 Å². The second-order valence-corrected chi connectivity index (χ2v) is 8.57. The summed E-state index contributed by atoms with van der Waals surface area (Å²) in [7, 11) is 0. The molecule has 7 heteroatoms. The highest BCUT2D eigenvalue weighted by molar-refractivity contribution is 8.27. The van der Waals surface area contributed by atoms with Crippen LogP contribution in [0.4, 0.5) is 5.69 Å². The van der Waals surface area contributed by atoms with Crippen LogP contribution >= 0.6 is 24.0 Å². The number of anilines is 1. The van der Waals surface area contributed by atoms with E-state index in [1.807, 2.05) is 32.0 Å². The number of carbonyl (C=O) groups excluding carboxylic acids is 1. The number of rotatable bonds is 4. The Hall–Kier alpha value is -3.16. The Balaban J connectivity index is 1.59. The molecule has 0 radical (unpaired) electrons. The molecule has 1 amide bonds. The van der Waals surface area contributed by atoms with Crippen LogP contribution in [-0.4, -0.2) is 21.3 Å². The number of aryl methyl sites for hydroxylation is 2. The zero-order valence-corrected chi connectivity index (χ0v) is 17.8. The summed E-state index contributed by atoms with van der Waals surface area (Å²) in [5, 5.41) is 9.01. The number of carbonyl (C=O) groups is 2. The van der Waals surface area contributed by atoms with Crippen molar-refractivity contribution in [2.75, 3.05) is 4.90 Å². The summed E-state index contributed by atoms with van der Waals surface area (Å²) in [5.74, 6) is -0.0512. The molecule has 1 fully saturated rings. The molecule has 4 rings (SSSR count). The molecule has 2 heterocycles. The predicted octanol–water partition coefficient (Wildman–Crippen LogP) is 5.67. The first-order valence-electron chi connectivity index (χ1n) is 9.12. The van der Waals surface area contributed by atoms with Gasteiger partial charge in [0.15, 0.2) is 4.32 Å². The molecule has 0 saturated carbocycles. The summed E-state index contributed by atoms with van der Waals surface area (Å²) in [5.41, 5.74) is 3.85. The van der Waals surface area contributed by atoms with Crippen LogP contribution in [0.1, 0.15) is 27.2 Å². The molecule has 1 saturated heterocycles. The van der Waals surface area contributed by atoms with E-state index in [0.29, 0.717) is 20.7 Å². The summed E-state index contributed by atoms with van der Waals surface area (Å²) < 4.78 is 6.33. The van der Waals surface area contributed by atoms with Crippen LogP contribution in [0.15, 0.2) is 63.9 Å². The molecule has 5 nitrogen and oxygen atoms in total. The molecule has 150 valence electrons. The van der Waals surface area contributed by atoms with E-state index in [9.17, 15) is 9.59 Å². The Bertz CT molecular complexity index is 1210. The van der Waals surface area contributed by atoms with Gasteiger partial charge in [-0.3, -0.25) is 9.69 Å². The predicted molar refractivity (Wildman–Crippen MR) is 123 cm³/mol. The van der Waals surface area contributed by atoms with Crippen LogP contribution in [0.25, 0.3) is 17.4 Å². The third kappa shape index (κ3) is 3.81. The standard InChI is InChI=1S/C23H17NO4S2/c1-13-3-9-18(14(2)11-13)24-21(25)20(30-23(24)29)12-17-8-10-19(28-17)15-4-6-16(7-5-15)22(26)27/h3-12H,1-2H3,(H,26,27)/b20-12+. The van der Waals surface area contributed by atoms with Gasteiger partial charge in [-0.25, -0.2) is 4.79 Å². The summed E-state index contributed by atoms with van der Waals surface area (Å²) in [6.07, 6.45) is 1.68. The number of furan rings is 1. The van der Waals surface area contributed by atoms with E-state index in [1.54, 1.807) is 35.2 Å². The van der Waals surface area contributed by atoms with Gasteiger partial charge in [-0.1, -0.05) is 53.8 Å². The minimum Gasteiger partial charge on any atom is -0.478 e. The lowest BCUT2D eigenvalue weighted by Crippen LogP contribution is -2.28. The molecule has 0 aliphatic carbocycles. The highest BCUT2D eigenvalue weighted by Gasteiger charge is 2.34. The molecule has 1 aromatic heterocycles. The highest BCUT2D eigenvalue weighted by Crippen LogP contribution is 2.38. The maximum absolute atomic E-state index is 13.0. The van der Waals surface area contributed by atoms with Gasteiger partial charge in [0.1, 0.15) is 11.5 Å². The summed E-state index contributed by atoms with van der Waals surface area (Å²) in [4.78, 5) is 26.0. The Morgan fingerprint density at radius 3 is 2.50 bits per heavy atom. The average molecular weight is 436 g/mol. The lowest BCUT2D eigenvalue weighted by Gasteiger charge is -2.17. The molecule has 2 aromatic carbocycles. The van der Waals surface area contributed by atoms with Crippen molar-refractivity contribution < 1.29 is 19.1 Å². The maximum atomic E-state index is 13.0. The van der Waals surface area contributed by atoms with E-state index in [2.05, 4.69) is 0 Å². The van der Waals surface area contributed by atoms with Gasteiger partial charge in [0, 0.05) is 11.6 Å². The molecular formula is C23H17NO4S2.